The first-order valence-corrected chi connectivity index (χ1v) is 5.99. The number of urea groups is 1. The number of nitrogens with zero attached hydrogens (tertiary/aromatic N) is 1. The zero-order chi connectivity index (χ0) is 14.5. The summed E-state index contributed by atoms with van der Waals surface area (Å²) in [6.07, 6.45) is 3.23. The highest BCUT2D eigenvalue weighted by Gasteiger charge is 2.11. The largest absolute Gasteiger partial charge is 0.331 e. The topological polar surface area (TPSA) is 54.0 Å². The normalized spacial score (nSPS) is 11.8. The number of amides is 2. The van der Waals surface area contributed by atoms with Crippen molar-refractivity contribution in [2.75, 3.05) is 5.32 Å². The van der Waals surface area contributed by atoms with Gasteiger partial charge in [0.2, 0.25) is 0 Å². The van der Waals surface area contributed by atoms with Gasteiger partial charge in [-0.25, -0.2) is 13.6 Å². The maximum atomic E-state index is 13.4. The van der Waals surface area contributed by atoms with Crippen LogP contribution in [0, 0.1) is 11.6 Å². The van der Waals surface area contributed by atoms with E-state index in [1.165, 1.54) is 6.07 Å². The van der Waals surface area contributed by atoms with Crippen LogP contribution in [0.15, 0.2) is 42.7 Å². The van der Waals surface area contributed by atoms with Gasteiger partial charge in [-0.1, -0.05) is 0 Å². The van der Waals surface area contributed by atoms with E-state index in [2.05, 4.69) is 15.6 Å². The predicted octanol–water partition coefficient (Wildman–Crippen LogP) is 3.24. The van der Waals surface area contributed by atoms with Crippen molar-refractivity contribution in [2.24, 2.45) is 0 Å². The molecule has 2 rings (SSSR count). The number of aromatic nitrogens is 1. The summed E-state index contributed by atoms with van der Waals surface area (Å²) in [7, 11) is 0. The van der Waals surface area contributed by atoms with E-state index in [0.717, 1.165) is 11.6 Å². The van der Waals surface area contributed by atoms with E-state index in [4.69, 9.17) is 0 Å². The first-order valence-electron chi connectivity index (χ1n) is 5.99. The van der Waals surface area contributed by atoms with Gasteiger partial charge in [-0.3, -0.25) is 4.98 Å². The van der Waals surface area contributed by atoms with Crippen molar-refractivity contribution < 1.29 is 13.6 Å². The molecule has 0 saturated carbocycles. The third kappa shape index (κ3) is 3.50. The molecule has 1 aromatic carbocycles. The quantitative estimate of drug-likeness (QED) is 0.904. The van der Waals surface area contributed by atoms with Gasteiger partial charge in [-0.05, 0) is 36.8 Å². The van der Waals surface area contributed by atoms with Gasteiger partial charge in [0.05, 0.1) is 11.7 Å². The van der Waals surface area contributed by atoms with Crippen molar-refractivity contribution in [3.63, 3.8) is 0 Å². The minimum absolute atomic E-state index is 0.0779. The summed E-state index contributed by atoms with van der Waals surface area (Å²) in [6.45, 7) is 1.79. The lowest BCUT2D eigenvalue weighted by Crippen LogP contribution is -2.31. The van der Waals surface area contributed by atoms with Crippen LogP contribution in [-0.4, -0.2) is 11.0 Å². The Morgan fingerprint density at radius 3 is 2.55 bits per heavy atom. The molecule has 20 heavy (non-hydrogen) atoms. The molecule has 2 N–H and O–H groups in total. The highest BCUT2D eigenvalue weighted by atomic mass is 19.1. The number of nitrogens with one attached hydrogen (secondary N) is 2. The lowest BCUT2D eigenvalue weighted by Gasteiger charge is -2.15. The number of halogens is 2. The summed E-state index contributed by atoms with van der Waals surface area (Å²) < 4.78 is 26.1. The Bertz CT molecular complexity index is 605. The molecule has 4 nitrogen and oxygen atoms in total. The van der Waals surface area contributed by atoms with Crippen molar-refractivity contribution in [2.45, 2.75) is 13.0 Å². The molecule has 0 aliphatic carbocycles. The summed E-state index contributed by atoms with van der Waals surface area (Å²) in [6, 6.07) is 5.66. The summed E-state index contributed by atoms with van der Waals surface area (Å²) in [5.74, 6) is -1.52. The molecule has 104 valence electrons. The second-order valence-electron chi connectivity index (χ2n) is 4.22. The number of rotatable bonds is 3. The minimum atomic E-state index is -0.822. The van der Waals surface area contributed by atoms with Crippen molar-refractivity contribution in [3.05, 3.63) is 59.9 Å². The van der Waals surface area contributed by atoms with Gasteiger partial charge in [-0.15, -0.1) is 0 Å². The average Bonchev–Trinajstić information content (AvgIpc) is 2.43. The molecule has 0 bridgehead atoms. The standard InChI is InChI=1S/C14H13F2N3O/c1-9(10-4-6-17-7-5-10)18-14(20)19-13-3-2-11(15)8-12(13)16/h2-9H,1H3,(H2,18,19,20)/t9-/m0/s1. The molecule has 0 fully saturated rings. The first-order chi connectivity index (χ1) is 9.56. The van der Waals surface area contributed by atoms with Crippen molar-refractivity contribution in [1.29, 1.82) is 0 Å². The lowest BCUT2D eigenvalue weighted by atomic mass is 10.1. The molecule has 1 atom stereocenters. The van der Waals surface area contributed by atoms with Crippen LogP contribution in [0.3, 0.4) is 0 Å². The van der Waals surface area contributed by atoms with Crippen molar-refractivity contribution in [1.82, 2.24) is 10.3 Å². The molecule has 0 radical (unpaired) electrons. The summed E-state index contributed by atoms with van der Waals surface area (Å²) in [4.78, 5) is 15.6. The average molecular weight is 277 g/mol. The lowest BCUT2D eigenvalue weighted by molar-refractivity contribution is 0.249. The van der Waals surface area contributed by atoms with Gasteiger partial charge < -0.3 is 10.6 Å². The smallest absolute Gasteiger partial charge is 0.319 e. The Balaban J connectivity index is 1.99. The molecular formula is C14H13F2N3O. The van der Waals surface area contributed by atoms with Gasteiger partial charge in [0.25, 0.3) is 0 Å². The van der Waals surface area contributed by atoms with Gasteiger partial charge in [0.15, 0.2) is 0 Å². The molecule has 6 heteroatoms. The fraction of sp³-hybridized carbons (Fsp3) is 0.143. The zero-order valence-corrected chi connectivity index (χ0v) is 10.7. The molecule has 0 aliphatic rings. The summed E-state index contributed by atoms with van der Waals surface area (Å²) in [5, 5.41) is 4.98. The molecule has 2 amide bonds. The Morgan fingerprint density at radius 2 is 1.90 bits per heavy atom. The molecule has 1 aromatic heterocycles. The Labute approximate surface area is 114 Å². The van der Waals surface area contributed by atoms with E-state index in [0.29, 0.717) is 6.07 Å². The van der Waals surface area contributed by atoms with E-state index in [1.807, 2.05) is 0 Å². The number of anilines is 1. The van der Waals surface area contributed by atoms with Crippen LogP contribution in [0.2, 0.25) is 0 Å². The van der Waals surface area contributed by atoms with Crippen molar-refractivity contribution >= 4 is 11.7 Å². The zero-order valence-electron chi connectivity index (χ0n) is 10.7. The van der Waals surface area contributed by atoms with E-state index in [-0.39, 0.29) is 11.7 Å². The SMILES string of the molecule is C[C@H](NC(=O)Nc1ccc(F)cc1F)c1ccncc1. The van der Waals surface area contributed by atoms with Crippen LogP contribution in [0.5, 0.6) is 0 Å². The summed E-state index contributed by atoms with van der Waals surface area (Å²) in [5.41, 5.74) is 0.792. The van der Waals surface area contributed by atoms with Crippen LogP contribution in [-0.2, 0) is 0 Å². The van der Waals surface area contributed by atoms with Gasteiger partial charge in [-0.2, -0.15) is 0 Å². The predicted molar refractivity (Wildman–Crippen MR) is 71.2 cm³/mol. The fourth-order valence-corrected chi connectivity index (χ4v) is 1.68. The molecular weight excluding hydrogens is 264 g/mol. The molecule has 1 heterocycles. The molecule has 2 aromatic rings. The number of benzene rings is 1. The maximum Gasteiger partial charge on any atom is 0.319 e. The Kier molecular flexibility index (Phi) is 4.24. The fourth-order valence-electron chi connectivity index (χ4n) is 1.68. The number of carbonyl (C=O) groups is 1. The molecule has 0 aliphatic heterocycles. The third-order valence-electron chi connectivity index (χ3n) is 2.73. The highest BCUT2D eigenvalue weighted by molar-refractivity contribution is 5.89. The Hall–Kier alpha value is -2.50. The van der Waals surface area contributed by atoms with Gasteiger partial charge in [0, 0.05) is 18.5 Å². The Morgan fingerprint density at radius 1 is 1.20 bits per heavy atom. The second kappa shape index (κ2) is 6.10. The van der Waals surface area contributed by atoms with Gasteiger partial charge >= 0.3 is 6.03 Å². The second-order valence-corrected chi connectivity index (χ2v) is 4.22. The third-order valence-corrected chi connectivity index (χ3v) is 2.73. The van der Waals surface area contributed by atoms with E-state index in [9.17, 15) is 13.6 Å². The van der Waals surface area contributed by atoms with Crippen LogP contribution >= 0.6 is 0 Å². The van der Waals surface area contributed by atoms with Gasteiger partial charge in [0.1, 0.15) is 11.6 Å². The first kappa shape index (κ1) is 13.9. The van der Waals surface area contributed by atoms with Crippen LogP contribution in [0.25, 0.3) is 0 Å². The van der Waals surface area contributed by atoms with E-state index < -0.39 is 17.7 Å². The van der Waals surface area contributed by atoms with E-state index >= 15 is 0 Å². The van der Waals surface area contributed by atoms with Crippen LogP contribution in [0.1, 0.15) is 18.5 Å². The maximum absolute atomic E-state index is 13.4. The van der Waals surface area contributed by atoms with Crippen LogP contribution in [0.4, 0.5) is 19.3 Å². The van der Waals surface area contributed by atoms with Crippen molar-refractivity contribution in [3.8, 4) is 0 Å². The number of pyridine rings is 1. The molecule has 0 saturated heterocycles. The highest BCUT2D eigenvalue weighted by Crippen LogP contribution is 2.15. The molecule has 0 spiro atoms. The number of hydrogen-bond donors (Lipinski definition) is 2. The van der Waals surface area contributed by atoms with E-state index in [1.54, 1.807) is 31.5 Å². The number of hydrogen-bond acceptors (Lipinski definition) is 2. The summed E-state index contributed by atoms with van der Waals surface area (Å²) >= 11 is 0. The molecule has 0 unspecified atom stereocenters. The minimum Gasteiger partial charge on any atom is -0.331 e. The van der Waals surface area contributed by atoms with Crippen LogP contribution < -0.4 is 10.6 Å². The number of carbonyl (C=O) groups excluding carboxylic acids is 1. The monoisotopic (exact) mass is 277 g/mol.